The topological polar surface area (TPSA) is 66.4 Å². The summed E-state index contributed by atoms with van der Waals surface area (Å²) in [5, 5.41) is 12.0. The van der Waals surface area contributed by atoms with Crippen LogP contribution in [0.5, 0.6) is 0 Å². The van der Waals surface area contributed by atoms with Gasteiger partial charge in [0, 0.05) is 6.54 Å². The number of benzene rings is 1. The van der Waals surface area contributed by atoms with Crippen LogP contribution in [0, 0.1) is 5.92 Å². The minimum atomic E-state index is -0.985. The first-order chi connectivity index (χ1) is 9.66. The molecule has 1 aliphatic rings. The Kier molecular flexibility index (Phi) is 5.16. The summed E-state index contributed by atoms with van der Waals surface area (Å²) in [5.41, 5.74) is 0.779. The molecular formula is C16H21NO3. The van der Waals surface area contributed by atoms with E-state index in [-0.39, 0.29) is 17.9 Å². The van der Waals surface area contributed by atoms with Crippen molar-refractivity contribution in [2.24, 2.45) is 5.92 Å². The molecule has 1 aromatic carbocycles. The van der Waals surface area contributed by atoms with Gasteiger partial charge in [0.1, 0.15) is 0 Å². The molecule has 1 amide bonds. The number of hydrogen-bond donors (Lipinski definition) is 2. The van der Waals surface area contributed by atoms with Gasteiger partial charge in [0.15, 0.2) is 0 Å². The van der Waals surface area contributed by atoms with Crippen LogP contribution in [-0.2, 0) is 11.2 Å². The molecule has 0 bridgehead atoms. The summed E-state index contributed by atoms with van der Waals surface area (Å²) in [7, 11) is 0. The average Bonchev–Trinajstić information content (AvgIpc) is 2.46. The fourth-order valence-corrected chi connectivity index (χ4v) is 2.77. The smallest absolute Gasteiger partial charge is 0.335 e. The van der Waals surface area contributed by atoms with Crippen LogP contribution in [0.3, 0.4) is 0 Å². The van der Waals surface area contributed by atoms with Crippen LogP contribution < -0.4 is 5.32 Å². The summed E-state index contributed by atoms with van der Waals surface area (Å²) in [5.74, 6) is -0.493. The predicted octanol–water partition coefficient (Wildman–Crippen LogP) is 2.62. The fourth-order valence-electron chi connectivity index (χ4n) is 2.77. The Morgan fingerprint density at radius 3 is 2.55 bits per heavy atom. The number of nitrogens with one attached hydrogen (secondary N) is 1. The number of carbonyl (C=O) groups is 2. The Balaban J connectivity index is 1.86. The second-order valence-electron chi connectivity index (χ2n) is 5.45. The minimum Gasteiger partial charge on any atom is -0.478 e. The fraction of sp³-hybridized carbons (Fsp3) is 0.500. The molecular weight excluding hydrogens is 254 g/mol. The molecule has 0 aliphatic heterocycles. The van der Waals surface area contributed by atoms with E-state index in [1.807, 2.05) is 0 Å². The maximum atomic E-state index is 11.9. The number of hydrogen-bond acceptors (Lipinski definition) is 2. The Bertz CT molecular complexity index is 478. The lowest BCUT2D eigenvalue weighted by molar-refractivity contribution is -0.120. The first kappa shape index (κ1) is 14.6. The normalized spacial score (nSPS) is 15.8. The van der Waals surface area contributed by atoms with E-state index in [2.05, 4.69) is 5.32 Å². The van der Waals surface area contributed by atoms with Crippen LogP contribution in [0.4, 0.5) is 0 Å². The Labute approximate surface area is 119 Å². The molecule has 0 atom stereocenters. The summed E-state index contributed by atoms with van der Waals surface area (Å²) >= 11 is 0. The highest BCUT2D eigenvalue weighted by molar-refractivity contribution is 5.91. The SMILES string of the molecule is O=C(Cc1ccccc1C(=O)O)NCC1CCCCC1. The molecule has 1 saturated carbocycles. The molecule has 4 nitrogen and oxygen atoms in total. The van der Waals surface area contributed by atoms with Crippen molar-refractivity contribution < 1.29 is 14.7 Å². The molecule has 0 saturated heterocycles. The molecule has 0 unspecified atom stereocenters. The molecule has 2 N–H and O–H groups in total. The summed E-state index contributed by atoms with van der Waals surface area (Å²) in [6.45, 7) is 0.716. The number of aromatic carboxylic acids is 1. The van der Waals surface area contributed by atoms with Crippen molar-refractivity contribution >= 4 is 11.9 Å². The summed E-state index contributed by atoms with van der Waals surface area (Å²) in [6, 6.07) is 6.67. The maximum absolute atomic E-state index is 11.9. The molecule has 0 spiro atoms. The van der Waals surface area contributed by atoms with Gasteiger partial charge in [0.25, 0.3) is 0 Å². The third-order valence-electron chi connectivity index (χ3n) is 3.91. The second-order valence-corrected chi connectivity index (χ2v) is 5.45. The molecule has 0 radical (unpaired) electrons. The zero-order valence-corrected chi connectivity index (χ0v) is 11.6. The third-order valence-corrected chi connectivity index (χ3v) is 3.91. The minimum absolute atomic E-state index is 0.0933. The molecule has 0 aromatic heterocycles. The van der Waals surface area contributed by atoms with Crippen molar-refractivity contribution in [2.45, 2.75) is 38.5 Å². The zero-order chi connectivity index (χ0) is 14.4. The summed E-state index contributed by atoms with van der Waals surface area (Å²) in [6.07, 6.45) is 6.31. The highest BCUT2D eigenvalue weighted by atomic mass is 16.4. The zero-order valence-electron chi connectivity index (χ0n) is 11.6. The van der Waals surface area contributed by atoms with E-state index in [1.54, 1.807) is 18.2 Å². The van der Waals surface area contributed by atoms with E-state index in [0.29, 0.717) is 18.0 Å². The van der Waals surface area contributed by atoms with E-state index >= 15 is 0 Å². The van der Waals surface area contributed by atoms with E-state index in [0.717, 1.165) is 0 Å². The van der Waals surface area contributed by atoms with Gasteiger partial charge < -0.3 is 10.4 Å². The number of amides is 1. The molecule has 1 aliphatic carbocycles. The number of rotatable bonds is 5. The first-order valence-corrected chi connectivity index (χ1v) is 7.24. The van der Waals surface area contributed by atoms with Gasteiger partial charge >= 0.3 is 5.97 Å². The van der Waals surface area contributed by atoms with Crippen molar-refractivity contribution in [2.75, 3.05) is 6.54 Å². The standard InChI is InChI=1S/C16H21NO3/c18-15(17-11-12-6-2-1-3-7-12)10-13-8-4-5-9-14(13)16(19)20/h4-5,8-9,12H,1-3,6-7,10-11H2,(H,17,18)(H,19,20). The molecule has 1 aromatic rings. The third kappa shape index (κ3) is 4.08. The van der Waals surface area contributed by atoms with E-state index in [9.17, 15) is 9.59 Å². The van der Waals surface area contributed by atoms with Crippen LogP contribution in [0.25, 0.3) is 0 Å². The number of carboxylic acid groups (broad SMARTS) is 1. The average molecular weight is 275 g/mol. The lowest BCUT2D eigenvalue weighted by Gasteiger charge is -2.21. The van der Waals surface area contributed by atoms with Crippen LogP contribution >= 0.6 is 0 Å². The van der Waals surface area contributed by atoms with Gasteiger partial charge in [-0.2, -0.15) is 0 Å². The molecule has 20 heavy (non-hydrogen) atoms. The Morgan fingerprint density at radius 2 is 1.85 bits per heavy atom. The van der Waals surface area contributed by atoms with E-state index in [4.69, 9.17) is 5.11 Å². The van der Waals surface area contributed by atoms with Crippen LogP contribution in [-0.4, -0.2) is 23.5 Å². The predicted molar refractivity (Wildman–Crippen MR) is 76.7 cm³/mol. The molecule has 4 heteroatoms. The first-order valence-electron chi connectivity index (χ1n) is 7.24. The monoisotopic (exact) mass is 275 g/mol. The van der Waals surface area contributed by atoms with Crippen LogP contribution in [0.2, 0.25) is 0 Å². The van der Waals surface area contributed by atoms with Gasteiger partial charge in [-0.25, -0.2) is 4.79 Å². The maximum Gasteiger partial charge on any atom is 0.335 e. The van der Waals surface area contributed by atoms with Gasteiger partial charge in [-0.3, -0.25) is 4.79 Å². The quantitative estimate of drug-likeness (QED) is 0.868. The lowest BCUT2D eigenvalue weighted by atomic mass is 9.89. The number of carbonyl (C=O) groups excluding carboxylic acids is 1. The molecule has 2 rings (SSSR count). The van der Waals surface area contributed by atoms with Crippen molar-refractivity contribution in [3.63, 3.8) is 0 Å². The largest absolute Gasteiger partial charge is 0.478 e. The number of carboxylic acids is 1. The highest BCUT2D eigenvalue weighted by Gasteiger charge is 2.16. The summed E-state index contributed by atoms with van der Waals surface area (Å²) in [4.78, 5) is 23.0. The van der Waals surface area contributed by atoms with Gasteiger partial charge in [-0.05, 0) is 30.4 Å². The second kappa shape index (κ2) is 7.08. The summed E-state index contributed by atoms with van der Waals surface area (Å²) < 4.78 is 0. The van der Waals surface area contributed by atoms with Crippen molar-refractivity contribution in [3.05, 3.63) is 35.4 Å². The van der Waals surface area contributed by atoms with Crippen molar-refractivity contribution in [3.8, 4) is 0 Å². The van der Waals surface area contributed by atoms with Gasteiger partial charge in [-0.15, -0.1) is 0 Å². The lowest BCUT2D eigenvalue weighted by Crippen LogP contribution is -2.31. The van der Waals surface area contributed by atoms with Crippen molar-refractivity contribution in [1.29, 1.82) is 0 Å². The molecule has 108 valence electrons. The van der Waals surface area contributed by atoms with E-state index < -0.39 is 5.97 Å². The van der Waals surface area contributed by atoms with E-state index in [1.165, 1.54) is 38.2 Å². The van der Waals surface area contributed by atoms with Crippen LogP contribution in [0.15, 0.2) is 24.3 Å². The van der Waals surface area contributed by atoms with Gasteiger partial charge in [0.05, 0.1) is 12.0 Å². The molecule has 0 heterocycles. The van der Waals surface area contributed by atoms with Crippen LogP contribution in [0.1, 0.15) is 48.0 Å². The Morgan fingerprint density at radius 1 is 1.15 bits per heavy atom. The molecule has 1 fully saturated rings. The van der Waals surface area contributed by atoms with Crippen molar-refractivity contribution in [1.82, 2.24) is 5.32 Å². The highest BCUT2D eigenvalue weighted by Crippen LogP contribution is 2.22. The van der Waals surface area contributed by atoms with Gasteiger partial charge in [-0.1, -0.05) is 37.5 Å². The van der Waals surface area contributed by atoms with Gasteiger partial charge in [0.2, 0.25) is 5.91 Å². The Hall–Kier alpha value is -1.84.